The average Bonchev–Trinajstić information content (AvgIpc) is 2.64. The number of H-pyrrole nitrogens is 1. The molecular formula is C14H17NO2. The quantitative estimate of drug-likeness (QED) is 0.850. The Balaban J connectivity index is 2.67. The highest BCUT2D eigenvalue weighted by molar-refractivity contribution is 5.89. The molecule has 0 aliphatic heterocycles. The lowest BCUT2D eigenvalue weighted by molar-refractivity contribution is -0.136. The lowest BCUT2D eigenvalue weighted by Crippen LogP contribution is -2.02. The van der Waals surface area contributed by atoms with Gasteiger partial charge >= 0.3 is 5.97 Å². The Bertz CT molecular complexity index is 555. The van der Waals surface area contributed by atoms with E-state index in [4.69, 9.17) is 5.11 Å². The molecule has 0 fully saturated rings. The van der Waals surface area contributed by atoms with Gasteiger partial charge in [0.05, 0.1) is 6.42 Å². The summed E-state index contributed by atoms with van der Waals surface area (Å²) in [5, 5.41) is 10.1. The van der Waals surface area contributed by atoms with Crippen LogP contribution < -0.4 is 0 Å². The number of fused-ring (bicyclic) bond motifs is 1. The number of nitrogens with one attached hydrogen (secondary N) is 1. The molecule has 3 heteroatoms. The molecule has 0 atom stereocenters. The summed E-state index contributed by atoms with van der Waals surface area (Å²) >= 11 is 0. The van der Waals surface area contributed by atoms with E-state index >= 15 is 0 Å². The number of rotatable bonds is 4. The number of aliphatic carboxylic acids is 1. The summed E-state index contributed by atoms with van der Waals surface area (Å²) in [6, 6.07) is 6.14. The minimum atomic E-state index is -0.788. The second kappa shape index (κ2) is 4.62. The third kappa shape index (κ3) is 2.05. The van der Waals surface area contributed by atoms with Crippen LogP contribution in [0, 0.1) is 0 Å². The van der Waals surface area contributed by atoms with E-state index in [9.17, 15) is 4.79 Å². The van der Waals surface area contributed by atoms with Crippen LogP contribution in [0.4, 0.5) is 0 Å². The van der Waals surface area contributed by atoms with Gasteiger partial charge in [-0.3, -0.25) is 4.79 Å². The average molecular weight is 231 g/mol. The van der Waals surface area contributed by atoms with Gasteiger partial charge in [0.1, 0.15) is 0 Å². The van der Waals surface area contributed by atoms with E-state index in [1.807, 2.05) is 12.1 Å². The second-order valence-corrected chi connectivity index (χ2v) is 4.20. The molecule has 1 aromatic carbocycles. The second-order valence-electron chi connectivity index (χ2n) is 4.20. The molecular weight excluding hydrogens is 214 g/mol. The third-order valence-corrected chi connectivity index (χ3v) is 3.16. The maximum absolute atomic E-state index is 10.8. The highest BCUT2D eigenvalue weighted by Crippen LogP contribution is 2.27. The number of carboxylic acids is 1. The first-order valence-corrected chi connectivity index (χ1v) is 6.00. The van der Waals surface area contributed by atoms with Crippen LogP contribution >= 0.6 is 0 Å². The van der Waals surface area contributed by atoms with Crippen molar-refractivity contribution >= 4 is 16.9 Å². The van der Waals surface area contributed by atoms with Crippen LogP contribution in [0.3, 0.4) is 0 Å². The monoisotopic (exact) mass is 231 g/mol. The zero-order chi connectivity index (χ0) is 12.4. The molecule has 0 aliphatic carbocycles. The molecule has 17 heavy (non-hydrogen) atoms. The molecule has 0 saturated carbocycles. The highest BCUT2D eigenvalue weighted by Gasteiger charge is 2.14. The number of hydrogen-bond acceptors (Lipinski definition) is 1. The summed E-state index contributed by atoms with van der Waals surface area (Å²) < 4.78 is 0. The standard InChI is InChI=1S/C14H17NO2/c1-3-9-6-5-7-11-14(9)10(4-2)12(15-11)8-13(16)17/h5-7,15H,3-4,8H2,1-2H3,(H,16,17). The van der Waals surface area contributed by atoms with Crippen LogP contribution in [0.1, 0.15) is 30.7 Å². The Morgan fingerprint density at radius 1 is 1.29 bits per heavy atom. The largest absolute Gasteiger partial charge is 0.481 e. The van der Waals surface area contributed by atoms with Gasteiger partial charge in [-0.15, -0.1) is 0 Å². The van der Waals surface area contributed by atoms with E-state index in [-0.39, 0.29) is 6.42 Å². The smallest absolute Gasteiger partial charge is 0.309 e. The van der Waals surface area contributed by atoms with Gasteiger partial charge in [-0.25, -0.2) is 0 Å². The molecule has 90 valence electrons. The summed E-state index contributed by atoms with van der Waals surface area (Å²) in [5.41, 5.74) is 4.33. The van der Waals surface area contributed by atoms with E-state index < -0.39 is 5.97 Å². The molecule has 0 unspecified atom stereocenters. The van der Waals surface area contributed by atoms with Gasteiger partial charge in [0.2, 0.25) is 0 Å². The molecule has 0 spiro atoms. The van der Waals surface area contributed by atoms with Gasteiger partial charge in [0.25, 0.3) is 0 Å². The SMILES string of the molecule is CCc1cccc2[nH]c(CC(=O)O)c(CC)c12. The molecule has 2 aromatic rings. The van der Waals surface area contributed by atoms with Crippen molar-refractivity contribution in [2.75, 3.05) is 0 Å². The van der Waals surface area contributed by atoms with Gasteiger partial charge in [-0.1, -0.05) is 26.0 Å². The number of hydrogen-bond donors (Lipinski definition) is 2. The fourth-order valence-corrected chi connectivity index (χ4v) is 2.44. The fourth-order valence-electron chi connectivity index (χ4n) is 2.44. The molecule has 2 rings (SSSR count). The predicted molar refractivity (Wildman–Crippen MR) is 68.4 cm³/mol. The van der Waals surface area contributed by atoms with Crippen LogP contribution in [-0.2, 0) is 24.1 Å². The molecule has 0 amide bonds. The van der Waals surface area contributed by atoms with Crippen molar-refractivity contribution in [3.05, 3.63) is 35.0 Å². The Labute approximate surface area is 100 Å². The van der Waals surface area contributed by atoms with E-state index in [0.29, 0.717) is 0 Å². The summed E-state index contributed by atoms with van der Waals surface area (Å²) in [6.07, 6.45) is 1.90. The highest BCUT2D eigenvalue weighted by atomic mass is 16.4. The lowest BCUT2D eigenvalue weighted by atomic mass is 10.0. The Morgan fingerprint density at radius 3 is 2.65 bits per heavy atom. The number of carbonyl (C=O) groups is 1. The minimum Gasteiger partial charge on any atom is -0.481 e. The summed E-state index contributed by atoms with van der Waals surface area (Å²) in [4.78, 5) is 14.1. The molecule has 3 nitrogen and oxygen atoms in total. The van der Waals surface area contributed by atoms with E-state index in [2.05, 4.69) is 24.9 Å². The molecule has 0 saturated heterocycles. The molecule has 1 heterocycles. The first kappa shape index (κ1) is 11.7. The summed E-state index contributed by atoms with van der Waals surface area (Å²) in [7, 11) is 0. The number of aromatic nitrogens is 1. The van der Waals surface area contributed by atoms with Crippen LogP contribution in [-0.4, -0.2) is 16.1 Å². The third-order valence-electron chi connectivity index (χ3n) is 3.16. The van der Waals surface area contributed by atoms with E-state index in [0.717, 1.165) is 29.6 Å². The van der Waals surface area contributed by atoms with Gasteiger partial charge in [0.15, 0.2) is 0 Å². The van der Waals surface area contributed by atoms with Crippen LogP contribution in [0.25, 0.3) is 10.9 Å². The van der Waals surface area contributed by atoms with Gasteiger partial charge in [-0.05, 0) is 30.0 Å². The first-order chi connectivity index (χ1) is 8.17. The fraction of sp³-hybridized carbons (Fsp3) is 0.357. The van der Waals surface area contributed by atoms with E-state index in [1.165, 1.54) is 10.9 Å². The zero-order valence-electron chi connectivity index (χ0n) is 10.2. The Hall–Kier alpha value is -1.77. The topological polar surface area (TPSA) is 53.1 Å². The lowest BCUT2D eigenvalue weighted by Gasteiger charge is -2.03. The first-order valence-electron chi connectivity index (χ1n) is 6.00. The number of carboxylic acid groups (broad SMARTS) is 1. The molecule has 0 aliphatic rings. The van der Waals surface area contributed by atoms with Crippen molar-refractivity contribution in [2.45, 2.75) is 33.1 Å². The Kier molecular flexibility index (Phi) is 3.18. The van der Waals surface area contributed by atoms with Gasteiger partial charge in [0, 0.05) is 16.6 Å². The normalized spacial score (nSPS) is 10.9. The van der Waals surface area contributed by atoms with Crippen molar-refractivity contribution < 1.29 is 9.90 Å². The molecule has 1 aromatic heterocycles. The van der Waals surface area contributed by atoms with Crippen LogP contribution in [0.15, 0.2) is 18.2 Å². The number of aromatic amines is 1. The number of aryl methyl sites for hydroxylation is 2. The zero-order valence-corrected chi connectivity index (χ0v) is 10.2. The van der Waals surface area contributed by atoms with Crippen LogP contribution in [0.5, 0.6) is 0 Å². The van der Waals surface area contributed by atoms with Crippen molar-refractivity contribution in [3.8, 4) is 0 Å². The number of benzene rings is 1. The van der Waals surface area contributed by atoms with Crippen molar-refractivity contribution in [3.63, 3.8) is 0 Å². The summed E-state index contributed by atoms with van der Waals surface area (Å²) in [6.45, 7) is 4.19. The molecule has 0 bridgehead atoms. The van der Waals surface area contributed by atoms with Crippen LogP contribution in [0.2, 0.25) is 0 Å². The van der Waals surface area contributed by atoms with Gasteiger partial charge < -0.3 is 10.1 Å². The summed E-state index contributed by atoms with van der Waals surface area (Å²) in [5.74, 6) is -0.788. The van der Waals surface area contributed by atoms with Gasteiger partial charge in [-0.2, -0.15) is 0 Å². The van der Waals surface area contributed by atoms with Crippen molar-refractivity contribution in [1.82, 2.24) is 4.98 Å². The Morgan fingerprint density at radius 2 is 2.06 bits per heavy atom. The maximum Gasteiger partial charge on any atom is 0.309 e. The van der Waals surface area contributed by atoms with E-state index in [1.54, 1.807) is 0 Å². The van der Waals surface area contributed by atoms with Crippen molar-refractivity contribution in [1.29, 1.82) is 0 Å². The maximum atomic E-state index is 10.8. The minimum absolute atomic E-state index is 0.0704. The molecule has 2 N–H and O–H groups in total. The van der Waals surface area contributed by atoms with Crippen molar-refractivity contribution in [2.24, 2.45) is 0 Å². The molecule has 0 radical (unpaired) electrons. The predicted octanol–water partition coefficient (Wildman–Crippen LogP) is 2.92.